The second kappa shape index (κ2) is 7.29. The minimum absolute atomic E-state index is 0.178. The summed E-state index contributed by atoms with van der Waals surface area (Å²) < 4.78 is 5.07. The van der Waals surface area contributed by atoms with Gasteiger partial charge in [-0.1, -0.05) is 0 Å². The Morgan fingerprint density at radius 3 is 2.50 bits per heavy atom. The number of benzene rings is 1. The number of anilines is 1. The summed E-state index contributed by atoms with van der Waals surface area (Å²) in [6.45, 7) is 3.37. The third-order valence-electron chi connectivity index (χ3n) is 2.13. The Morgan fingerprint density at radius 2 is 1.94 bits per heavy atom. The molecule has 0 bridgehead atoms. The Kier molecular flexibility index (Phi) is 5.66. The highest BCUT2D eigenvalue weighted by atomic mass is 16.5. The summed E-state index contributed by atoms with van der Waals surface area (Å²) in [4.78, 5) is 22.0. The molecule has 0 atom stereocenters. The van der Waals surface area contributed by atoms with Crippen molar-refractivity contribution in [2.75, 3.05) is 25.1 Å². The van der Waals surface area contributed by atoms with Crippen LogP contribution < -0.4 is 10.6 Å². The largest absolute Gasteiger partial charge is 0.478 e. The number of carboxylic acids is 1. The molecule has 0 fully saturated rings. The van der Waals surface area contributed by atoms with Gasteiger partial charge in [-0.05, 0) is 31.2 Å². The number of carboxylic acid groups (broad SMARTS) is 1. The number of aromatic carboxylic acids is 1. The van der Waals surface area contributed by atoms with Crippen LogP contribution in [-0.4, -0.2) is 36.9 Å². The van der Waals surface area contributed by atoms with Crippen LogP contribution in [0, 0.1) is 0 Å². The first-order valence-electron chi connectivity index (χ1n) is 5.59. The Morgan fingerprint density at radius 1 is 1.28 bits per heavy atom. The third kappa shape index (κ3) is 4.84. The van der Waals surface area contributed by atoms with Gasteiger partial charge in [-0.2, -0.15) is 0 Å². The summed E-state index contributed by atoms with van der Waals surface area (Å²) in [6.07, 6.45) is 0. The Labute approximate surface area is 105 Å². The van der Waals surface area contributed by atoms with E-state index in [2.05, 4.69) is 10.6 Å². The first-order valence-corrected chi connectivity index (χ1v) is 5.59. The lowest BCUT2D eigenvalue weighted by molar-refractivity contribution is 0.0697. The fraction of sp³-hybridized carbons (Fsp3) is 0.333. The lowest BCUT2D eigenvalue weighted by Gasteiger charge is -2.07. The van der Waals surface area contributed by atoms with Crippen molar-refractivity contribution < 1.29 is 19.4 Å². The van der Waals surface area contributed by atoms with Gasteiger partial charge in [0.15, 0.2) is 0 Å². The first kappa shape index (κ1) is 14.0. The lowest BCUT2D eigenvalue weighted by Crippen LogP contribution is -2.31. The molecule has 1 aromatic rings. The molecule has 0 aromatic heterocycles. The average Bonchev–Trinajstić information content (AvgIpc) is 2.35. The standard InChI is InChI=1S/C12H16N2O4/c1-2-18-8-7-13-12(17)14-10-5-3-9(4-6-10)11(15)16/h3-6H,2,7-8H2,1H3,(H,15,16)(H2,13,14,17). The van der Waals surface area contributed by atoms with Crippen LogP contribution in [0.3, 0.4) is 0 Å². The van der Waals surface area contributed by atoms with E-state index in [0.29, 0.717) is 25.4 Å². The molecule has 0 saturated carbocycles. The van der Waals surface area contributed by atoms with Crippen molar-refractivity contribution in [2.45, 2.75) is 6.92 Å². The van der Waals surface area contributed by atoms with Gasteiger partial charge in [0, 0.05) is 18.8 Å². The summed E-state index contributed by atoms with van der Waals surface area (Å²) in [5.41, 5.74) is 0.714. The van der Waals surface area contributed by atoms with E-state index < -0.39 is 5.97 Å². The van der Waals surface area contributed by atoms with Gasteiger partial charge in [-0.25, -0.2) is 9.59 Å². The van der Waals surface area contributed by atoms with Crippen molar-refractivity contribution in [1.82, 2.24) is 5.32 Å². The molecular formula is C12H16N2O4. The Hall–Kier alpha value is -2.08. The van der Waals surface area contributed by atoms with E-state index in [1.54, 1.807) is 0 Å². The number of hydrogen-bond acceptors (Lipinski definition) is 3. The Bertz CT molecular complexity index is 403. The molecule has 0 aliphatic rings. The SMILES string of the molecule is CCOCCNC(=O)Nc1ccc(C(=O)O)cc1. The molecule has 18 heavy (non-hydrogen) atoms. The minimum Gasteiger partial charge on any atom is -0.478 e. The van der Waals surface area contributed by atoms with Gasteiger partial charge < -0.3 is 20.5 Å². The van der Waals surface area contributed by atoms with E-state index >= 15 is 0 Å². The van der Waals surface area contributed by atoms with Crippen LogP contribution in [0.25, 0.3) is 0 Å². The smallest absolute Gasteiger partial charge is 0.335 e. The van der Waals surface area contributed by atoms with E-state index in [-0.39, 0.29) is 11.6 Å². The van der Waals surface area contributed by atoms with Crippen molar-refractivity contribution in [3.63, 3.8) is 0 Å². The highest BCUT2D eigenvalue weighted by Gasteiger charge is 2.03. The number of hydrogen-bond donors (Lipinski definition) is 3. The second-order valence-electron chi connectivity index (χ2n) is 3.46. The van der Waals surface area contributed by atoms with Crippen molar-refractivity contribution >= 4 is 17.7 Å². The highest BCUT2D eigenvalue weighted by Crippen LogP contribution is 2.09. The molecular weight excluding hydrogens is 236 g/mol. The molecule has 0 aliphatic carbocycles. The number of amides is 2. The number of ether oxygens (including phenoxy) is 1. The zero-order chi connectivity index (χ0) is 13.4. The number of carbonyl (C=O) groups is 2. The van der Waals surface area contributed by atoms with Crippen molar-refractivity contribution in [3.8, 4) is 0 Å². The maximum absolute atomic E-state index is 11.4. The maximum Gasteiger partial charge on any atom is 0.335 e. The van der Waals surface area contributed by atoms with Crippen molar-refractivity contribution in [1.29, 1.82) is 0 Å². The zero-order valence-electron chi connectivity index (χ0n) is 10.1. The maximum atomic E-state index is 11.4. The molecule has 0 aliphatic heterocycles. The van der Waals surface area contributed by atoms with Crippen LogP contribution in [0.1, 0.15) is 17.3 Å². The van der Waals surface area contributed by atoms with Crippen LogP contribution in [0.2, 0.25) is 0 Å². The van der Waals surface area contributed by atoms with E-state index in [4.69, 9.17) is 9.84 Å². The molecule has 0 radical (unpaired) electrons. The molecule has 0 heterocycles. The Balaban J connectivity index is 2.37. The van der Waals surface area contributed by atoms with E-state index in [1.165, 1.54) is 24.3 Å². The monoisotopic (exact) mass is 252 g/mol. The van der Waals surface area contributed by atoms with Gasteiger partial charge in [0.2, 0.25) is 0 Å². The van der Waals surface area contributed by atoms with Gasteiger partial charge in [-0.3, -0.25) is 0 Å². The summed E-state index contributed by atoms with van der Waals surface area (Å²) in [7, 11) is 0. The number of nitrogens with one attached hydrogen (secondary N) is 2. The molecule has 6 nitrogen and oxygen atoms in total. The number of urea groups is 1. The first-order chi connectivity index (χ1) is 8.63. The van der Waals surface area contributed by atoms with Gasteiger partial charge in [-0.15, -0.1) is 0 Å². The normalized spacial score (nSPS) is 9.83. The molecule has 3 N–H and O–H groups in total. The molecule has 98 valence electrons. The predicted molar refractivity (Wildman–Crippen MR) is 66.9 cm³/mol. The quantitative estimate of drug-likeness (QED) is 0.670. The second-order valence-corrected chi connectivity index (χ2v) is 3.46. The highest BCUT2D eigenvalue weighted by molar-refractivity contribution is 5.91. The molecule has 6 heteroatoms. The minimum atomic E-state index is -0.997. The van der Waals surface area contributed by atoms with Crippen LogP contribution in [0.15, 0.2) is 24.3 Å². The van der Waals surface area contributed by atoms with Crippen molar-refractivity contribution in [3.05, 3.63) is 29.8 Å². The number of carbonyl (C=O) groups excluding carboxylic acids is 1. The predicted octanol–water partition coefficient (Wildman–Crippen LogP) is 1.54. The third-order valence-corrected chi connectivity index (χ3v) is 2.13. The topological polar surface area (TPSA) is 87.7 Å². The van der Waals surface area contributed by atoms with Crippen LogP contribution in [0.5, 0.6) is 0 Å². The fourth-order valence-electron chi connectivity index (χ4n) is 1.25. The lowest BCUT2D eigenvalue weighted by atomic mass is 10.2. The van der Waals surface area contributed by atoms with E-state index in [9.17, 15) is 9.59 Å². The van der Waals surface area contributed by atoms with Crippen molar-refractivity contribution in [2.24, 2.45) is 0 Å². The fourth-order valence-corrected chi connectivity index (χ4v) is 1.25. The summed E-state index contributed by atoms with van der Waals surface area (Å²) >= 11 is 0. The summed E-state index contributed by atoms with van der Waals surface area (Å²) in [6, 6.07) is 5.57. The molecule has 0 saturated heterocycles. The summed E-state index contributed by atoms with van der Waals surface area (Å²) in [5.74, 6) is -0.997. The van der Waals surface area contributed by atoms with Crippen LogP contribution >= 0.6 is 0 Å². The molecule has 0 unspecified atom stereocenters. The zero-order valence-corrected chi connectivity index (χ0v) is 10.1. The van der Waals surface area contributed by atoms with Gasteiger partial charge in [0.25, 0.3) is 0 Å². The van der Waals surface area contributed by atoms with Gasteiger partial charge in [0.05, 0.1) is 12.2 Å². The van der Waals surface area contributed by atoms with E-state index in [1.807, 2.05) is 6.92 Å². The van der Waals surface area contributed by atoms with Crippen LogP contribution in [0.4, 0.5) is 10.5 Å². The van der Waals surface area contributed by atoms with E-state index in [0.717, 1.165) is 0 Å². The molecule has 0 spiro atoms. The van der Waals surface area contributed by atoms with Crippen LogP contribution in [-0.2, 0) is 4.74 Å². The molecule has 1 rings (SSSR count). The van der Waals surface area contributed by atoms with Gasteiger partial charge in [0.1, 0.15) is 0 Å². The summed E-state index contributed by atoms with van der Waals surface area (Å²) in [5, 5.41) is 13.9. The number of rotatable bonds is 6. The molecule has 1 aromatic carbocycles. The van der Waals surface area contributed by atoms with Gasteiger partial charge >= 0.3 is 12.0 Å². The molecule has 2 amide bonds. The average molecular weight is 252 g/mol.